The monoisotopic (exact) mass is 295 g/mol. The van der Waals surface area contributed by atoms with Crippen molar-refractivity contribution in [2.45, 2.75) is 33.7 Å². The highest BCUT2D eigenvalue weighted by Crippen LogP contribution is 2.29. The molecule has 0 radical (unpaired) electrons. The molecule has 1 unspecified atom stereocenters. The van der Waals surface area contributed by atoms with Gasteiger partial charge in [-0.15, -0.1) is 0 Å². The van der Waals surface area contributed by atoms with E-state index < -0.39 is 0 Å². The van der Waals surface area contributed by atoms with Crippen LogP contribution in [0.3, 0.4) is 0 Å². The minimum Gasteiger partial charge on any atom is -0.497 e. The van der Waals surface area contributed by atoms with Gasteiger partial charge in [-0.1, -0.05) is 26.8 Å². The van der Waals surface area contributed by atoms with E-state index in [4.69, 9.17) is 14.2 Å². The zero-order valence-electron chi connectivity index (χ0n) is 13.9. The zero-order chi connectivity index (χ0) is 15.7. The zero-order valence-corrected chi connectivity index (χ0v) is 13.9. The number of methoxy groups -OCH3 is 1. The Morgan fingerprint density at radius 2 is 1.90 bits per heavy atom. The lowest BCUT2D eigenvalue weighted by atomic mass is 10.1. The average molecular weight is 295 g/mol. The van der Waals surface area contributed by atoms with Gasteiger partial charge in [0.2, 0.25) is 0 Å². The first-order valence-electron chi connectivity index (χ1n) is 7.70. The molecule has 0 aliphatic heterocycles. The topological polar surface area (TPSA) is 39.7 Å². The van der Waals surface area contributed by atoms with Gasteiger partial charge in [-0.25, -0.2) is 0 Å². The summed E-state index contributed by atoms with van der Waals surface area (Å²) in [5.74, 6) is 2.21. The lowest BCUT2D eigenvalue weighted by Gasteiger charge is -2.18. The maximum atomic E-state index is 5.88. The number of benzene rings is 1. The van der Waals surface area contributed by atoms with Crippen molar-refractivity contribution in [2.24, 2.45) is 5.92 Å². The second-order valence-corrected chi connectivity index (χ2v) is 5.50. The quantitative estimate of drug-likeness (QED) is 0.671. The molecule has 1 aromatic carbocycles. The SMILES string of the molecule is CCNC(C)c1ccc(OC)cc1OCCOCC(C)C. The first kappa shape index (κ1) is 17.8. The van der Waals surface area contributed by atoms with Crippen LogP contribution in [0.25, 0.3) is 0 Å². The first-order chi connectivity index (χ1) is 10.1. The lowest BCUT2D eigenvalue weighted by Crippen LogP contribution is -2.19. The van der Waals surface area contributed by atoms with E-state index in [1.165, 1.54) is 0 Å². The molecule has 0 amide bonds. The summed E-state index contributed by atoms with van der Waals surface area (Å²) in [6.07, 6.45) is 0. The van der Waals surface area contributed by atoms with E-state index in [0.717, 1.165) is 30.2 Å². The number of ether oxygens (including phenoxy) is 3. The molecule has 120 valence electrons. The van der Waals surface area contributed by atoms with Crippen LogP contribution in [-0.4, -0.2) is 33.5 Å². The molecule has 0 aliphatic rings. The average Bonchev–Trinajstić information content (AvgIpc) is 2.46. The molecule has 0 aliphatic carbocycles. The molecule has 0 spiro atoms. The lowest BCUT2D eigenvalue weighted by molar-refractivity contribution is 0.0814. The van der Waals surface area contributed by atoms with Crippen LogP contribution >= 0.6 is 0 Å². The minimum absolute atomic E-state index is 0.243. The van der Waals surface area contributed by atoms with Crippen LogP contribution in [0.15, 0.2) is 18.2 Å². The molecular formula is C17H29NO3. The molecule has 21 heavy (non-hydrogen) atoms. The van der Waals surface area contributed by atoms with Crippen molar-refractivity contribution >= 4 is 0 Å². The summed E-state index contributed by atoms with van der Waals surface area (Å²) in [7, 11) is 1.66. The molecule has 1 N–H and O–H groups in total. The van der Waals surface area contributed by atoms with Crippen LogP contribution in [0, 0.1) is 5.92 Å². The van der Waals surface area contributed by atoms with Crippen molar-refractivity contribution in [2.75, 3.05) is 33.5 Å². The summed E-state index contributed by atoms with van der Waals surface area (Å²) in [5.41, 5.74) is 1.14. The van der Waals surface area contributed by atoms with Gasteiger partial charge in [0.05, 0.1) is 13.7 Å². The van der Waals surface area contributed by atoms with Crippen molar-refractivity contribution in [1.29, 1.82) is 0 Å². The van der Waals surface area contributed by atoms with E-state index in [0.29, 0.717) is 19.1 Å². The van der Waals surface area contributed by atoms with E-state index in [1.807, 2.05) is 12.1 Å². The Bertz CT molecular complexity index is 407. The summed E-state index contributed by atoms with van der Waals surface area (Å²) >= 11 is 0. The fraction of sp³-hybridized carbons (Fsp3) is 0.647. The Balaban J connectivity index is 2.63. The van der Waals surface area contributed by atoms with Crippen LogP contribution < -0.4 is 14.8 Å². The van der Waals surface area contributed by atoms with Gasteiger partial charge < -0.3 is 19.5 Å². The van der Waals surface area contributed by atoms with Crippen molar-refractivity contribution in [1.82, 2.24) is 5.32 Å². The molecule has 1 rings (SSSR count). The molecule has 0 saturated heterocycles. The van der Waals surface area contributed by atoms with Gasteiger partial charge in [-0.05, 0) is 25.5 Å². The van der Waals surface area contributed by atoms with E-state index >= 15 is 0 Å². The fourth-order valence-electron chi connectivity index (χ4n) is 2.07. The third-order valence-corrected chi connectivity index (χ3v) is 3.13. The van der Waals surface area contributed by atoms with Crippen molar-refractivity contribution in [3.63, 3.8) is 0 Å². The number of hydrogen-bond donors (Lipinski definition) is 1. The van der Waals surface area contributed by atoms with Crippen molar-refractivity contribution in [3.05, 3.63) is 23.8 Å². The van der Waals surface area contributed by atoms with E-state index in [-0.39, 0.29) is 6.04 Å². The fourth-order valence-corrected chi connectivity index (χ4v) is 2.07. The third-order valence-electron chi connectivity index (χ3n) is 3.13. The normalized spacial score (nSPS) is 12.5. The number of rotatable bonds is 10. The Hall–Kier alpha value is -1.26. The molecule has 1 aromatic rings. The van der Waals surface area contributed by atoms with Gasteiger partial charge in [-0.3, -0.25) is 0 Å². The number of hydrogen-bond acceptors (Lipinski definition) is 4. The third kappa shape index (κ3) is 6.36. The Morgan fingerprint density at radius 1 is 1.14 bits per heavy atom. The molecule has 1 atom stereocenters. The predicted molar refractivity (Wildman–Crippen MR) is 86.2 cm³/mol. The van der Waals surface area contributed by atoms with Gasteiger partial charge in [0, 0.05) is 24.3 Å². The standard InChI is InChI=1S/C17H29NO3/c1-6-18-14(4)16-8-7-15(19-5)11-17(16)21-10-9-20-12-13(2)3/h7-8,11,13-14,18H,6,9-10,12H2,1-5H3. The van der Waals surface area contributed by atoms with Gasteiger partial charge in [0.15, 0.2) is 0 Å². The van der Waals surface area contributed by atoms with Crippen LogP contribution in [0.2, 0.25) is 0 Å². The Morgan fingerprint density at radius 3 is 2.52 bits per heavy atom. The summed E-state index contributed by atoms with van der Waals surface area (Å²) in [5, 5.41) is 3.40. The highest BCUT2D eigenvalue weighted by atomic mass is 16.5. The van der Waals surface area contributed by atoms with Crippen LogP contribution in [0.4, 0.5) is 0 Å². The maximum Gasteiger partial charge on any atom is 0.127 e. The second kappa shape index (κ2) is 9.64. The summed E-state index contributed by atoms with van der Waals surface area (Å²) in [6, 6.07) is 6.19. The van der Waals surface area contributed by atoms with E-state index in [9.17, 15) is 0 Å². The maximum absolute atomic E-state index is 5.88. The Kier molecular flexibility index (Phi) is 8.16. The van der Waals surface area contributed by atoms with Crippen LogP contribution in [0.5, 0.6) is 11.5 Å². The first-order valence-corrected chi connectivity index (χ1v) is 7.70. The highest BCUT2D eigenvalue weighted by Gasteiger charge is 2.12. The minimum atomic E-state index is 0.243. The van der Waals surface area contributed by atoms with Gasteiger partial charge in [0.1, 0.15) is 18.1 Å². The largest absolute Gasteiger partial charge is 0.497 e. The van der Waals surface area contributed by atoms with Crippen LogP contribution in [-0.2, 0) is 4.74 Å². The Labute approximate surface area is 128 Å². The highest BCUT2D eigenvalue weighted by molar-refractivity contribution is 5.42. The van der Waals surface area contributed by atoms with Gasteiger partial charge in [0.25, 0.3) is 0 Å². The molecule has 0 bridgehead atoms. The molecule has 0 aromatic heterocycles. The molecule has 4 heteroatoms. The molecule has 0 heterocycles. The predicted octanol–water partition coefficient (Wildman–Crippen LogP) is 3.42. The summed E-state index contributed by atoms with van der Waals surface area (Å²) in [6.45, 7) is 11.3. The molecule has 0 fully saturated rings. The summed E-state index contributed by atoms with van der Waals surface area (Å²) in [4.78, 5) is 0. The molecule has 0 saturated carbocycles. The van der Waals surface area contributed by atoms with Gasteiger partial charge >= 0.3 is 0 Å². The summed E-state index contributed by atoms with van der Waals surface area (Å²) < 4.78 is 16.7. The smallest absolute Gasteiger partial charge is 0.127 e. The van der Waals surface area contributed by atoms with Crippen LogP contribution in [0.1, 0.15) is 39.3 Å². The van der Waals surface area contributed by atoms with Crippen molar-refractivity contribution < 1.29 is 14.2 Å². The second-order valence-electron chi connectivity index (χ2n) is 5.50. The van der Waals surface area contributed by atoms with E-state index in [2.05, 4.69) is 39.1 Å². The molecule has 4 nitrogen and oxygen atoms in total. The van der Waals surface area contributed by atoms with E-state index in [1.54, 1.807) is 7.11 Å². The van der Waals surface area contributed by atoms with Gasteiger partial charge in [-0.2, -0.15) is 0 Å². The molecular weight excluding hydrogens is 266 g/mol. The van der Waals surface area contributed by atoms with Crippen molar-refractivity contribution in [3.8, 4) is 11.5 Å². The number of nitrogens with one attached hydrogen (secondary N) is 1.